The number of likely N-dealkylation sites (tertiary alicyclic amines) is 1. The Labute approximate surface area is 180 Å². The summed E-state index contributed by atoms with van der Waals surface area (Å²) in [5.41, 5.74) is 1.22. The van der Waals surface area contributed by atoms with E-state index in [9.17, 15) is 9.59 Å². The zero-order chi connectivity index (χ0) is 20.6. The zero-order valence-electron chi connectivity index (χ0n) is 16.0. The number of benzene rings is 2. The van der Waals surface area contributed by atoms with Crippen LogP contribution in [0.1, 0.15) is 19.3 Å². The van der Waals surface area contributed by atoms with Crippen LogP contribution in [0.15, 0.2) is 48.5 Å². The average Bonchev–Trinajstić information content (AvgIpc) is 2.71. The molecule has 2 aromatic rings. The maximum absolute atomic E-state index is 12.2. The molecule has 0 bridgehead atoms. The van der Waals surface area contributed by atoms with Crippen molar-refractivity contribution in [1.29, 1.82) is 0 Å². The fraction of sp³-hybridized carbons (Fsp3) is 0.333. The van der Waals surface area contributed by atoms with Crippen LogP contribution in [0.2, 0.25) is 10.0 Å². The molecule has 1 saturated heterocycles. The molecule has 0 atom stereocenters. The lowest BCUT2D eigenvalue weighted by molar-refractivity contribution is -0.116. The van der Waals surface area contributed by atoms with E-state index in [-0.39, 0.29) is 18.0 Å². The molecule has 0 radical (unpaired) electrons. The molecule has 2 aromatic carbocycles. The van der Waals surface area contributed by atoms with Gasteiger partial charge in [-0.1, -0.05) is 47.5 Å². The largest absolute Gasteiger partial charge is 0.335 e. The van der Waals surface area contributed by atoms with Gasteiger partial charge in [-0.25, -0.2) is 4.79 Å². The van der Waals surface area contributed by atoms with Crippen molar-refractivity contribution in [3.05, 3.63) is 58.6 Å². The highest BCUT2D eigenvalue weighted by Gasteiger charge is 2.21. The number of rotatable bonds is 6. The lowest BCUT2D eigenvalue weighted by Crippen LogP contribution is -2.46. The van der Waals surface area contributed by atoms with Crippen LogP contribution in [0.4, 0.5) is 16.2 Å². The van der Waals surface area contributed by atoms with Crippen LogP contribution in [0, 0.1) is 0 Å². The van der Waals surface area contributed by atoms with E-state index in [4.69, 9.17) is 23.2 Å². The molecule has 3 amide bonds. The van der Waals surface area contributed by atoms with E-state index in [1.165, 1.54) is 0 Å². The molecule has 1 fully saturated rings. The lowest BCUT2D eigenvalue weighted by Gasteiger charge is -2.32. The van der Waals surface area contributed by atoms with Crippen molar-refractivity contribution in [2.24, 2.45) is 0 Å². The molecule has 6 nitrogen and oxygen atoms in total. The summed E-state index contributed by atoms with van der Waals surface area (Å²) in [5.74, 6) is -0.123. The van der Waals surface area contributed by atoms with E-state index in [0.29, 0.717) is 28.7 Å². The second-order valence-electron chi connectivity index (χ2n) is 6.98. The van der Waals surface area contributed by atoms with Crippen molar-refractivity contribution in [2.75, 3.05) is 30.3 Å². The van der Waals surface area contributed by atoms with E-state index in [2.05, 4.69) is 20.9 Å². The lowest BCUT2D eigenvalue weighted by atomic mass is 10.1. The highest BCUT2D eigenvalue weighted by molar-refractivity contribution is 6.39. The predicted molar refractivity (Wildman–Crippen MR) is 118 cm³/mol. The van der Waals surface area contributed by atoms with Gasteiger partial charge in [-0.2, -0.15) is 0 Å². The molecular formula is C21H24Cl2N4O2. The maximum atomic E-state index is 12.2. The van der Waals surface area contributed by atoms with Crippen molar-refractivity contribution in [2.45, 2.75) is 25.3 Å². The Morgan fingerprint density at radius 2 is 1.59 bits per heavy atom. The molecule has 0 saturated carbocycles. The number of nitrogens with zero attached hydrogens (tertiary/aromatic N) is 1. The summed E-state index contributed by atoms with van der Waals surface area (Å²) < 4.78 is 0. The number of hydrogen-bond donors (Lipinski definition) is 3. The van der Waals surface area contributed by atoms with E-state index in [0.717, 1.165) is 31.6 Å². The Kier molecular flexibility index (Phi) is 7.75. The first-order valence-electron chi connectivity index (χ1n) is 9.60. The molecule has 0 aliphatic carbocycles. The third-order valence-corrected chi connectivity index (χ3v) is 5.47. The quantitative estimate of drug-likeness (QED) is 0.621. The van der Waals surface area contributed by atoms with Crippen LogP contribution in [-0.4, -0.2) is 42.5 Å². The van der Waals surface area contributed by atoms with Crippen molar-refractivity contribution < 1.29 is 9.59 Å². The van der Waals surface area contributed by atoms with Gasteiger partial charge in [0.15, 0.2) is 0 Å². The van der Waals surface area contributed by atoms with Gasteiger partial charge in [-0.15, -0.1) is 0 Å². The van der Waals surface area contributed by atoms with Crippen molar-refractivity contribution >= 4 is 46.5 Å². The molecule has 29 heavy (non-hydrogen) atoms. The summed E-state index contributed by atoms with van der Waals surface area (Å²) in [6.45, 7) is 2.31. The topological polar surface area (TPSA) is 73.5 Å². The first-order chi connectivity index (χ1) is 14.0. The molecule has 0 aromatic heterocycles. The van der Waals surface area contributed by atoms with Gasteiger partial charge in [0.05, 0.1) is 15.7 Å². The Hall–Kier alpha value is -2.28. The second kappa shape index (κ2) is 10.5. The van der Waals surface area contributed by atoms with Gasteiger partial charge in [0, 0.05) is 37.8 Å². The highest BCUT2D eigenvalue weighted by atomic mass is 35.5. The van der Waals surface area contributed by atoms with Gasteiger partial charge >= 0.3 is 6.03 Å². The predicted octanol–water partition coefficient (Wildman–Crippen LogP) is 4.61. The summed E-state index contributed by atoms with van der Waals surface area (Å²) in [7, 11) is 0. The van der Waals surface area contributed by atoms with Gasteiger partial charge in [-0.05, 0) is 37.1 Å². The number of amides is 3. The number of halogens is 2. The number of anilines is 2. The number of carbonyl (C=O) groups is 2. The summed E-state index contributed by atoms with van der Waals surface area (Å²) >= 11 is 12.2. The first kappa shape index (κ1) is 21.4. The van der Waals surface area contributed by atoms with Crippen LogP contribution in [0.3, 0.4) is 0 Å². The van der Waals surface area contributed by atoms with Gasteiger partial charge in [-0.3, -0.25) is 4.79 Å². The molecule has 3 N–H and O–H groups in total. The van der Waals surface area contributed by atoms with Crippen molar-refractivity contribution in [1.82, 2.24) is 10.2 Å². The van der Waals surface area contributed by atoms with E-state index < -0.39 is 0 Å². The number of urea groups is 1. The maximum Gasteiger partial charge on any atom is 0.319 e. The number of hydrogen-bond acceptors (Lipinski definition) is 3. The monoisotopic (exact) mass is 434 g/mol. The SMILES string of the molecule is O=C(CCN1CCC(NC(=O)Nc2ccccc2)CC1)Nc1c(Cl)cccc1Cl. The zero-order valence-corrected chi connectivity index (χ0v) is 17.5. The molecule has 0 unspecified atom stereocenters. The third kappa shape index (κ3) is 6.63. The fourth-order valence-corrected chi connectivity index (χ4v) is 3.75. The fourth-order valence-electron chi connectivity index (χ4n) is 3.25. The normalized spacial score (nSPS) is 15.0. The first-order valence-corrected chi connectivity index (χ1v) is 10.4. The molecule has 154 valence electrons. The van der Waals surface area contributed by atoms with Gasteiger partial charge in [0.25, 0.3) is 0 Å². The molecule has 1 aliphatic rings. The standard InChI is InChI=1S/C21H24Cl2N4O2/c22-17-7-4-8-18(23)20(17)26-19(28)11-14-27-12-9-16(10-13-27)25-21(29)24-15-5-2-1-3-6-15/h1-8,16H,9-14H2,(H,26,28)(H2,24,25,29). The molecule has 0 spiro atoms. The van der Waals surface area contributed by atoms with Crippen molar-refractivity contribution in [3.8, 4) is 0 Å². The minimum Gasteiger partial charge on any atom is -0.335 e. The van der Waals surface area contributed by atoms with Crippen LogP contribution in [0.25, 0.3) is 0 Å². The molecule has 1 aliphatic heterocycles. The van der Waals surface area contributed by atoms with E-state index in [1.807, 2.05) is 30.3 Å². The van der Waals surface area contributed by atoms with Gasteiger partial charge in [0.2, 0.25) is 5.91 Å². The van der Waals surface area contributed by atoms with Crippen molar-refractivity contribution in [3.63, 3.8) is 0 Å². The second-order valence-corrected chi connectivity index (χ2v) is 7.79. The minimum atomic E-state index is -0.189. The average molecular weight is 435 g/mol. The van der Waals surface area contributed by atoms with Crippen LogP contribution in [0.5, 0.6) is 0 Å². The van der Waals surface area contributed by atoms with Gasteiger partial charge < -0.3 is 20.9 Å². The minimum absolute atomic E-state index is 0.123. The van der Waals surface area contributed by atoms with Crippen LogP contribution in [-0.2, 0) is 4.79 Å². The Bertz CT molecular complexity index is 820. The number of piperidine rings is 1. The summed E-state index contributed by atoms with van der Waals surface area (Å²) in [6, 6.07) is 14.4. The Morgan fingerprint density at radius 1 is 0.931 bits per heavy atom. The van der Waals surface area contributed by atoms with Crippen LogP contribution < -0.4 is 16.0 Å². The number of carbonyl (C=O) groups excluding carboxylic acids is 2. The highest BCUT2D eigenvalue weighted by Crippen LogP contribution is 2.29. The Balaban J connectivity index is 1.36. The molecule has 8 heteroatoms. The third-order valence-electron chi connectivity index (χ3n) is 4.84. The summed E-state index contributed by atoms with van der Waals surface area (Å²) in [6.07, 6.45) is 2.05. The molecule has 1 heterocycles. The number of nitrogens with one attached hydrogen (secondary N) is 3. The van der Waals surface area contributed by atoms with Crippen LogP contribution >= 0.6 is 23.2 Å². The van der Waals surface area contributed by atoms with E-state index in [1.54, 1.807) is 18.2 Å². The smallest absolute Gasteiger partial charge is 0.319 e. The molecular weight excluding hydrogens is 411 g/mol. The summed E-state index contributed by atoms with van der Waals surface area (Å²) in [4.78, 5) is 26.5. The molecule has 3 rings (SSSR count). The number of para-hydroxylation sites is 2. The Morgan fingerprint density at radius 3 is 2.24 bits per heavy atom. The van der Waals surface area contributed by atoms with Gasteiger partial charge in [0.1, 0.15) is 0 Å². The van der Waals surface area contributed by atoms with E-state index >= 15 is 0 Å². The summed E-state index contributed by atoms with van der Waals surface area (Å²) in [5, 5.41) is 9.47.